The van der Waals surface area contributed by atoms with Gasteiger partial charge in [-0.05, 0) is 42.9 Å². The average Bonchev–Trinajstić information content (AvgIpc) is 2.50. The molecular weight excluding hydrogens is 316 g/mol. The lowest BCUT2D eigenvalue weighted by Crippen LogP contribution is -2.41. The van der Waals surface area contributed by atoms with Gasteiger partial charge in [0.2, 0.25) is 0 Å². The fourth-order valence-electron chi connectivity index (χ4n) is 2.75. The van der Waals surface area contributed by atoms with Crippen LogP contribution in [0.15, 0.2) is 35.9 Å². The number of Topliss-reactive ketones (excluding diaryl/α,β-unsaturated/α-hetero) is 1. The minimum absolute atomic E-state index is 0.207. The predicted molar refractivity (Wildman–Crippen MR) is 86.0 cm³/mol. The van der Waals surface area contributed by atoms with Crippen LogP contribution in [-0.4, -0.2) is 23.8 Å². The van der Waals surface area contributed by atoms with Crippen LogP contribution in [0.2, 0.25) is 0 Å². The van der Waals surface area contributed by atoms with Crippen LogP contribution >= 0.6 is 15.9 Å². The van der Waals surface area contributed by atoms with Gasteiger partial charge in [-0.2, -0.15) is 0 Å². The SMILES string of the molecule is COC(C)(CBr)[C@H]1CC(=O)C(C)=C(c2ccccc2)C1. The molecule has 1 aromatic carbocycles. The van der Waals surface area contributed by atoms with Crippen LogP contribution in [0.3, 0.4) is 0 Å². The van der Waals surface area contributed by atoms with Crippen LogP contribution in [0.25, 0.3) is 5.57 Å². The van der Waals surface area contributed by atoms with Gasteiger partial charge in [-0.15, -0.1) is 0 Å². The highest BCUT2D eigenvalue weighted by molar-refractivity contribution is 9.09. The first-order valence-corrected chi connectivity index (χ1v) is 8.03. The van der Waals surface area contributed by atoms with Crippen molar-refractivity contribution < 1.29 is 9.53 Å². The van der Waals surface area contributed by atoms with E-state index in [0.717, 1.165) is 28.5 Å². The van der Waals surface area contributed by atoms with E-state index in [1.807, 2.05) is 25.1 Å². The Kier molecular flexibility index (Phi) is 4.82. The van der Waals surface area contributed by atoms with Gasteiger partial charge in [-0.25, -0.2) is 0 Å². The van der Waals surface area contributed by atoms with Gasteiger partial charge < -0.3 is 4.74 Å². The van der Waals surface area contributed by atoms with Crippen molar-refractivity contribution >= 4 is 27.3 Å². The number of alkyl halides is 1. The summed E-state index contributed by atoms with van der Waals surface area (Å²) in [5, 5.41) is 0.732. The summed E-state index contributed by atoms with van der Waals surface area (Å²) in [6.45, 7) is 4.02. The molecule has 1 unspecified atom stereocenters. The van der Waals surface area contributed by atoms with Crippen molar-refractivity contribution in [1.29, 1.82) is 0 Å². The maximum atomic E-state index is 12.3. The number of carbonyl (C=O) groups is 1. The third-order valence-corrected chi connectivity index (χ3v) is 5.58. The van der Waals surface area contributed by atoms with Crippen molar-refractivity contribution in [3.05, 3.63) is 41.5 Å². The third kappa shape index (κ3) is 2.89. The van der Waals surface area contributed by atoms with Crippen LogP contribution < -0.4 is 0 Å². The molecule has 0 saturated carbocycles. The molecule has 0 radical (unpaired) electrons. The van der Waals surface area contributed by atoms with Gasteiger partial charge in [-0.1, -0.05) is 46.3 Å². The zero-order chi connectivity index (χ0) is 14.8. The van der Waals surface area contributed by atoms with E-state index in [0.29, 0.717) is 6.42 Å². The number of ketones is 1. The molecule has 20 heavy (non-hydrogen) atoms. The van der Waals surface area contributed by atoms with Gasteiger partial charge in [0.05, 0.1) is 5.60 Å². The molecule has 2 rings (SSSR count). The monoisotopic (exact) mass is 336 g/mol. The number of rotatable bonds is 4. The highest BCUT2D eigenvalue weighted by Gasteiger charge is 2.38. The molecule has 0 amide bonds. The van der Waals surface area contributed by atoms with Crippen molar-refractivity contribution in [2.45, 2.75) is 32.3 Å². The summed E-state index contributed by atoms with van der Waals surface area (Å²) < 4.78 is 5.67. The molecule has 1 aliphatic carbocycles. The summed E-state index contributed by atoms with van der Waals surface area (Å²) in [5.74, 6) is 0.447. The summed E-state index contributed by atoms with van der Waals surface area (Å²) in [6, 6.07) is 10.2. The van der Waals surface area contributed by atoms with E-state index in [1.54, 1.807) is 7.11 Å². The van der Waals surface area contributed by atoms with E-state index in [9.17, 15) is 4.79 Å². The molecule has 0 aromatic heterocycles. The fourth-order valence-corrected chi connectivity index (χ4v) is 3.44. The number of ether oxygens (including phenoxy) is 1. The molecule has 0 N–H and O–H groups in total. The molecule has 0 bridgehead atoms. The maximum absolute atomic E-state index is 12.3. The second-order valence-electron chi connectivity index (χ2n) is 5.65. The lowest BCUT2D eigenvalue weighted by Gasteiger charge is -2.38. The van der Waals surface area contributed by atoms with E-state index in [2.05, 4.69) is 35.0 Å². The number of allylic oxidation sites excluding steroid dienone is 2. The van der Waals surface area contributed by atoms with Crippen molar-refractivity contribution in [2.24, 2.45) is 5.92 Å². The molecule has 0 fully saturated rings. The first-order valence-electron chi connectivity index (χ1n) is 6.91. The number of halogens is 1. The quantitative estimate of drug-likeness (QED) is 0.768. The minimum atomic E-state index is -0.309. The first kappa shape index (κ1) is 15.5. The number of carbonyl (C=O) groups excluding carboxylic acids is 1. The molecular formula is C17H21BrO2. The average molecular weight is 337 g/mol. The van der Waals surface area contributed by atoms with Crippen LogP contribution in [0.1, 0.15) is 32.3 Å². The van der Waals surface area contributed by atoms with Gasteiger partial charge >= 0.3 is 0 Å². The minimum Gasteiger partial charge on any atom is -0.377 e. The lowest BCUT2D eigenvalue weighted by molar-refractivity contribution is -0.119. The van der Waals surface area contributed by atoms with Crippen molar-refractivity contribution in [3.8, 4) is 0 Å². The molecule has 0 aliphatic heterocycles. The number of hydrogen-bond acceptors (Lipinski definition) is 2. The summed E-state index contributed by atoms with van der Waals surface area (Å²) in [5.41, 5.74) is 2.91. The van der Waals surface area contributed by atoms with E-state index < -0.39 is 0 Å². The Morgan fingerprint density at radius 3 is 2.50 bits per heavy atom. The van der Waals surface area contributed by atoms with Crippen LogP contribution in [0.5, 0.6) is 0 Å². The van der Waals surface area contributed by atoms with Gasteiger partial charge in [0.1, 0.15) is 0 Å². The molecule has 108 valence electrons. The van der Waals surface area contributed by atoms with Crippen LogP contribution in [0, 0.1) is 5.92 Å². The molecule has 0 heterocycles. The predicted octanol–water partition coefficient (Wildman–Crippen LogP) is 4.24. The van der Waals surface area contributed by atoms with Gasteiger partial charge in [0, 0.05) is 18.9 Å². The molecule has 1 aromatic rings. The van der Waals surface area contributed by atoms with Crippen molar-refractivity contribution in [1.82, 2.24) is 0 Å². The zero-order valence-electron chi connectivity index (χ0n) is 12.3. The standard InChI is InChI=1S/C17H21BrO2/c1-12-15(13-7-5-4-6-8-13)9-14(10-16(12)19)17(2,11-18)20-3/h4-8,14H,9-11H2,1-3H3/t14-,17?/m1/s1. The first-order chi connectivity index (χ1) is 9.51. The largest absolute Gasteiger partial charge is 0.377 e. The molecule has 2 atom stereocenters. The summed E-state index contributed by atoms with van der Waals surface area (Å²) >= 11 is 3.53. The second-order valence-corrected chi connectivity index (χ2v) is 6.21. The second kappa shape index (κ2) is 6.23. The Morgan fingerprint density at radius 2 is 1.95 bits per heavy atom. The normalized spacial score (nSPS) is 22.8. The Labute approximate surface area is 129 Å². The Hall–Kier alpha value is -0.930. The molecule has 2 nitrogen and oxygen atoms in total. The van der Waals surface area contributed by atoms with Crippen LogP contribution in [0.4, 0.5) is 0 Å². The fraction of sp³-hybridized carbons (Fsp3) is 0.471. The van der Waals surface area contributed by atoms with Gasteiger partial charge in [0.15, 0.2) is 5.78 Å². The molecule has 3 heteroatoms. The zero-order valence-corrected chi connectivity index (χ0v) is 13.9. The lowest BCUT2D eigenvalue weighted by atomic mass is 9.74. The van der Waals surface area contributed by atoms with E-state index in [1.165, 1.54) is 0 Å². The van der Waals surface area contributed by atoms with Crippen molar-refractivity contribution in [3.63, 3.8) is 0 Å². The topological polar surface area (TPSA) is 26.3 Å². The summed E-state index contributed by atoms with van der Waals surface area (Å²) in [7, 11) is 1.72. The number of benzene rings is 1. The van der Waals surface area contributed by atoms with Crippen LogP contribution in [-0.2, 0) is 9.53 Å². The Balaban J connectivity index is 2.37. The number of methoxy groups -OCH3 is 1. The molecule has 1 aliphatic rings. The summed E-state index contributed by atoms with van der Waals surface area (Å²) in [4.78, 5) is 12.3. The van der Waals surface area contributed by atoms with Gasteiger partial charge in [0.25, 0.3) is 0 Å². The third-order valence-electron chi connectivity index (χ3n) is 4.47. The molecule has 0 spiro atoms. The van der Waals surface area contributed by atoms with Gasteiger partial charge in [-0.3, -0.25) is 4.79 Å². The smallest absolute Gasteiger partial charge is 0.159 e. The highest BCUT2D eigenvalue weighted by atomic mass is 79.9. The highest BCUT2D eigenvalue weighted by Crippen LogP contribution is 2.40. The Bertz CT molecular complexity index is 515. The molecule has 0 saturated heterocycles. The van der Waals surface area contributed by atoms with Crippen molar-refractivity contribution in [2.75, 3.05) is 12.4 Å². The Morgan fingerprint density at radius 1 is 1.30 bits per heavy atom. The number of hydrogen-bond donors (Lipinski definition) is 0. The van der Waals surface area contributed by atoms with E-state index >= 15 is 0 Å². The van der Waals surface area contributed by atoms with E-state index in [4.69, 9.17) is 4.74 Å². The summed E-state index contributed by atoms with van der Waals surface area (Å²) in [6.07, 6.45) is 1.45. The maximum Gasteiger partial charge on any atom is 0.159 e. The van der Waals surface area contributed by atoms with E-state index in [-0.39, 0.29) is 17.3 Å².